The molecule has 1 atom stereocenters. The summed E-state index contributed by atoms with van der Waals surface area (Å²) in [5.41, 5.74) is -1.25. The first-order chi connectivity index (χ1) is 12.2. The molecule has 0 amide bonds. The minimum atomic E-state index is -2.48. The predicted octanol–water partition coefficient (Wildman–Crippen LogP) is 2.16. The Balaban J connectivity index is 2.33. The number of rotatable bonds is 8. The van der Waals surface area contributed by atoms with Gasteiger partial charge in [-0.05, 0) is 38.1 Å². The molecule has 140 valence electrons. The van der Waals surface area contributed by atoms with E-state index in [1.807, 2.05) is 0 Å². The van der Waals surface area contributed by atoms with Gasteiger partial charge in [0.15, 0.2) is 0 Å². The maximum absolute atomic E-state index is 13.1. The van der Waals surface area contributed by atoms with Crippen molar-refractivity contribution in [3.8, 4) is 5.75 Å². The summed E-state index contributed by atoms with van der Waals surface area (Å²) in [5.74, 6) is -3.49. The molecule has 0 aliphatic rings. The second-order valence-electron chi connectivity index (χ2n) is 6.23. The lowest BCUT2D eigenvalue weighted by atomic mass is 9.86. The lowest BCUT2D eigenvalue weighted by molar-refractivity contribution is -0.222. The topological polar surface area (TPSA) is 104 Å². The van der Waals surface area contributed by atoms with Gasteiger partial charge in [-0.2, -0.15) is 9.78 Å². The number of hydrogen-bond acceptors (Lipinski definition) is 7. The van der Waals surface area contributed by atoms with Gasteiger partial charge < -0.3 is 14.6 Å². The summed E-state index contributed by atoms with van der Waals surface area (Å²) >= 11 is 5.84. The maximum Gasteiger partial charge on any atom is 0.376 e. The number of esters is 1. The van der Waals surface area contributed by atoms with Crippen LogP contribution >= 0.6 is 11.6 Å². The highest BCUT2D eigenvalue weighted by molar-refractivity contribution is 6.30. The Morgan fingerprint density at radius 2 is 1.92 bits per heavy atom. The number of aliphatic hydroxyl groups is 1. The van der Waals surface area contributed by atoms with Gasteiger partial charge in [0.25, 0.3) is 0 Å². The molecule has 2 rings (SSSR count). The summed E-state index contributed by atoms with van der Waals surface area (Å²) in [5, 5.41) is 15.3. The van der Waals surface area contributed by atoms with Gasteiger partial charge in [-0.15, -0.1) is 0 Å². The van der Waals surface area contributed by atoms with E-state index >= 15 is 0 Å². The molecule has 0 saturated heterocycles. The highest BCUT2D eigenvalue weighted by Gasteiger charge is 2.50. The van der Waals surface area contributed by atoms with Crippen molar-refractivity contribution in [1.29, 1.82) is 0 Å². The first-order valence-electron chi connectivity index (χ1n) is 7.91. The molecule has 0 aliphatic carbocycles. The number of halogens is 1. The fraction of sp³-hybridized carbons (Fsp3) is 0.412. The van der Waals surface area contributed by atoms with Gasteiger partial charge in [-0.3, -0.25) is 9.59 Å². The Morgan fingerprint density at radius 3 is 2.46 bits per heavy atom. The van der Waals surface area contributed by atoms with Crippen molar-refractivity contribution in [2.45, 2.75) is 33.1 Å². The zero-order valence-corrected chi connectivity index (χ0v) is 15.4. The van der Waals surface area contributed by atoms with Crippen LogP contribution in [0.5, 0.6) is 5.75 Å². The van der Waals surface area contributed by atoms with Gasteiger partial charge in [-0.25, -0.2) is 4.98 Å². The largest absolute Gasteiger partial charge is 0.465 e. The molecule has 1 aromatic carbocycles. The molecule has 0 bridgehead atoms. The fourth-order valence-corrected chi connectivity index (χ4v) is 2.22. The first-order valence-corrected chi connectivity index (χ1v) is 8.29. The van der Waals surface area contributed by atoms with E-state index in [1.54, 1.807) is 19.1 Å². The van der Waals surface area contributed by atoms with E-state index in [2.05, 4.69) is 10.1 Å². The Morgan fingerprint density at radius 1 is 1.27 bits per heavy atom. The number of hydrogen-bond donors (Lipinski definition) is 1. The number of aromatic nitrogens is 3. The van der Waals surface area contributed by atoms with Crippen LogP contribution in [0.25, 0.3) is 0 Å². The average Bonchev–Trinajstić information content (AvgIpc) is 3.16. The summed E-state index contributed by atoms with van der Waals surface area (Å²) in [6.07, 6.45) is 2.49. The van der Waals surface area contributed by atoms with Gasteiger partial charge >= 0.3 is 11.9 Å². The Kier molecular flexibility index (Phi) is 5.99. The molecular weight excluding hydrogens is 362 g/mol. The van der Waals surface area contributed by atoms with Gasteiger partial charge in [-0.1, -0.05) is 18.5 Å². The SMILES string of the molecule is CCC(=O)OCC(C)(C)C(=O)C(O)(Oc1ccc(Cl)cc1)n1cncn1. The number of carbonyl (C=O) groups excluding carboxylic acids is 2. The Labute approximate surface area is 155 Å². The summed E-state index contributed by atoms with van der Waals surface area (Å²) in [4.78, 5) is 28.2. The van der Waals surface area contributed by atoms with Crippen LogP contribution in [0.15, 0.2) is 36.9 Å². The van der Waals surface area contributed by atoms with E-state index < -0.39 is 23.1 Å². The number of Topliss-reactive ketones (excluding diaryl/α,β-unsaturated/α-hetero) is 1. The molecule has 9 heteroatoms. The van der Waals surface area contributed by atoms with Crippen molar-refractivity contribution in [1.82, 2.24) is 14.8 Å². The lowest BCUT2D eigenvalue weighted by Crippen LogP contribution is -2.54. The molecule has 2 aromatic rings. The van der Waals surface area contributed by atoms with Crippen molar-refractivity contribution >= 4 is 23.4 Å². The number of nitrogens with zero attached hydrogens (tertiary/aromatic N) is 3. The van der Waals surface area contributed by atoms with E-state index in [1.165, 1.54) is 26.0 Å². The normalized spacial score (nSPS) is 13.7. The van der Waals surface area contributed by atoms with Gasteiger partial charge in [0.2, 0.25) is 5.78 Å². The van der Waals surface area contributed by atoms with Gasteiger partial charge in [0.1, 0.15) is 25.0 Å². The van der Waals surface area contributed by atoms with Crippen molar-refractivity contribution in [2.24, 2.45) is 5.41 Å². The molecule has 1 heterocycles. The van der Waals surface area contributed by atoms with Crippen LogP contribution in [0.1, 0.15) is 27.2 Å². The molecule has 0 spiro atoms. The van der Waals surface area contributed by atoms with Crippen LogP contribution in [0.3, 0.4) is 0 Å². The van der Waals surface area contributed by atoms with Crippen molar-refractivity contribution < 1.29 is 24.2 Å². The molecule has 0 radical (unpaired) electrons. The predicted molar refractivity (Wildman–Crippen MR) is 92.3 cm³/mol. The van der Waals surface area contributed by atoms with Crippen LogP contribution in [-0.2, 0) is 20.2 Å². The summed E-state index contributed by atoms with van der Waals surface area (Å²) in [6.45, 7) is 4.49. The van der Waals surface area contributed by atoms with E-state index in [0.29, 0.717) is 5.02 Å². The zero-order chi connectivity index (χ0) is 19.4. The molecular formula is C17H20ClN3O5. The third-order valence-electron chi connectivity index (χ3n) is 3.60. The van der Waals surface area contributed by atoms with E-state index in [4.69, 9.17) is 21.1 Å². The first kappa shape index (κ1) is 19.9. The quantitative estimate of drug-likeness (QED) is 0.552. The van der Waals surface area contributed by atoms with Gasteiger partial charge in [0, 0.05) is 11.4 Å². The Hall–Kier alpha value is -2.45. The van der Waals surface area contributed by atoms with Crippen LogP contribution in [0.4, 0.5) is 0 Å². The van der Waals surface area contributed by atoms with Crippen LogP contribution in [-0.4, -0.2) is 38.2 Å². The highest BCUT2D eigenvalue weighted by Crippen LogP contribution is 2.30. The molecule has 0 saturated carbocycles. The Bertz CT molecular complexity index is 761. The summed E-state index contributed by atoms with van der Waals surface area (Å²) in [6, 6.07) is 6.11. The smallest absolute Gasteiger partial charge is 0.376 e. The molecule has 0 fully saturated rings. The second-order valence-corrected chi connectivity index (χ2v) is 6.67. The number of benzene rings is 1. The minimum absolute atomic E-state index is 0.179. The number of ketones is 1. The van der Waals surface area contributed by atoms with E-state index in [9.17, 15) is 14.7 Å². The van der Waals surface area contributed by atoms with Crippen molar-refractivity contribution in [3.05, 3.63) is 41.9 Å². The summed E-state index contributed by atoms with van der Waals surface area (Å²) in [7, 11) is 0. The van der Waals surface area contributed by atoms with E-state index in [-0.39, 0.29) is 18.8 Å². The van der Waals surface area contributed by atoms with Crippen LogP contribution < -0.4 is 4.74 Å². The van der Waals surface area contributed by atoms with Crippen molar-refractivity contribution in [3.63, 3.8) is 0 Å². The van der Waals surface area contributed by atoms with E-state index in [0.717, 1.165) is 17.3 Å². The molecule has 8 nitrogen and oxygen atoms in total. The molecule has 1 N–H and O–H groups in total. The van der Waals surface area contributed by atoms with Gasteiger partial charge in [0.05, 0.1) is 5.41 Å². The zero-order valence-electron chi connectivity index (χ0n) is 14.7. The van der Waals surface area contributed by atoms with Crippen LogP contribution in [0.2, 0.25) is 5.02 Å². The summed E-state index contributed by atoms with van der Waals surface area (Å²) < 4.78 is 11.5. The molecule has 1 unspecified atom stereocenters. The number of ether oxygens (including phenoxy) is 2. The van der Waals surface area contributed by atoms with Crippen LogP contribution in [0, 0.1) is 5.41 Å². The highest BCUT2D eigenvalue weighted by atomic mass is 35.5. The second kappa shape index (κ2) is 7.84. The lowest BCUT2D eigenvalue weighted by Gasteiger charge is -2.33. The van der Waals surface area contributed by atoms with Crippen molar-refractivity contribution in [2.75, 3.05) is 6.61 Å². The molecule has 0 aliphatic heterocycles. The number of carbonyl (C=O) groups is 2. The maximum atomic E-state index is 13.1. The standard InChI is InChI=1S/C17H20ClN3O5/c1-4-14(22)25-9-16(2,3)15(23)17(24,21-11-19-10-20-21)26-13-7-5-12(18)6-8-13/h5-8,10-11,24H,4,9H2,1-3H3. The average molecular weight is 382 g/mol. The third kappa shape index (κ3) is 4.39. The third-order valence-corrected chi connectivity index (χ3v) is 3.85. The molecule has 1 aromatic heterocycles. The fourth-order valence-electron chi connectivity index (χ4n) is 2.10. The minimum Gasteiger partial charge on any atom is -0.465 e. The monoisotopic (exact) mass is 381 g/mol. The molecule has 26 heavy (non-hydrogen) atoms.